The summed E-state index contributed by atoms with van der Waals surface area (Å²) in [5, 5.41) is 10.1. The summed E-state index contributed by atoms with van der Waals surface area (Å²) in [7, 11) is 0. The molecule has 1 heterocycles. The number of likely N-dealkylation sites (tertiary alicyclic amines) is 1. The molecule has 5 aliphatic rings. The van der Waals surface area contributed by atoms with Gasteiger partial charge in [-0.3, -0.25) is 0 Å². The fourth-order valence-corrected chi connectivity index (χ4v) is 6.22. The summed E-state index contributed by atoms with van der Waals surface area (Å²) in [4.78, 5) is 2.51. The van der Waals surface area contributed by atoms with Gasteiger partial charge in [0.2, 0.25) is 0 Å². The largest absolute Gasteiger partial charge is 0.389 e. The predicted molar refractivity (Wildman–Crippen MR) is 76.9 cm³/mol. The van der Waals surface area contributed by atoms with E-state index in [1.165, 1.54) is 32.2 Å². The molecular formula is C17H29NO. The molecular weight excluding hydrogens is 234 g/mol. The Morgan fingerprint density at radius 3 is 2.11 bits per heavy atom. The summed E-state index contributed by atoms with van der Waals surface area (Å²) in [6.45, 7) is 5.25. The molecule has 0 aromatic heterocycles. The molecule has 1 N–H and O–H groups in total. The minimum Gasteiger partial charge on any atom is -0.389 e. The van der Waals surface area contributed by atoms with E-state index < -0.39 is 5.60 Å². The molecule has 0 amide bonds. The average molecular weight is 263 g/mol. The zero-order chi connectivity index (χ0) is 13.1. The first kappa shape index (κ1) is 12.6. The summed E-state index contributed by atoms with van der Waals surface area (Å²) in [6.07, 6.45) is 11.6. The molecule has 1 unspecified atom stereocenters. The van der Waals surface area contributed by atoms with E-state index >= 15 is 0 Å². The molecule has 0 aromatic carbocycles. The first-order valence-corrected chi connectivity index (χ1v) is 8.47. The Hall–Kier alpha value is -0.0800. The average Bonchev–Trinajstić information content (AvgIpc) is 2.65. The van der Waals surface area contributed by atoms with Gasteiger partial charge in [0.15, 0.2) is 0 Å². The van der Waals surface area contributed by atoms with Gasteiger partial charge in [-0.1, -0.05) is 0 Å². The lowest BCUT2D eigenvalue weighted by molar-refractivity contribution is -0.0610. The quantitative estimate of drug-likeness (QED) is 0.846. The second kappa shape index (κ2) is 4.21. The van der Waals surface area contributed by atoms with Crippen LogP contribution in [0.25, 0.3) is 0 Å². The predicted octanol–water partition coefficient (Wildman–Crippen LogP) is 3.05. The summed E-state index contributed by atoms with van der Waals surface area (Å²) in [6, 6.07) is 0. The molecule has 4 aliphatic carbocycles. The van der Waals surface area contributed by atoms with Gasteiger partial charge in [0, 0.05) is 13.1 Å². The Balaban J connectivity index is 1.38. The maximum Gasteiger partial charge on any atom is 0.0758 e. The van der Waals surface area contributed by atoms with E-state index in [2.05, 4.69) is 4.90 Å². The lowest BCUT2D eigenvalue weighted by Gasteiger charge is -2.57. The Morgan fingerprint density at radius 2 is 1.63 bits per heavy atom. The van der Waals surface area contributed by atoms with E-state index in [1.54, 1.807) is 19.3 Å². The highest BCUT2D eigenvalue weighted by atomic mass is 16.3. The highest BCUT2D eigenvalue weighted by Gasteiger charge is 2.50. The standard InChI is InChI=1S/C17H29NO/c1-16(19)2-4-18(12-16)5-3-17-9-13-6-14(10-17)8-15(7-13)11-17/h13-15,19H,2-12H2,1H3. The van der Waals surface area contributed by atoms with Crippen LogP contribution in [-0.2, 0) is 0 Å². The van der Waals surface area contributed by atoms with Crippen molar-refractivity contribution in [2.45, 2.75) is 63.9 Å². The molecule has 1 aliphatic heterocycles. The van der Waals surface area contributed by atoms with Crippen LogP contribution >= 0.6 is 0 Å². The molecule has 2 nitrogen and oxygen atoms in total. The molecule has 0 aromatic rings. The lowest BCUT2D eigenvalue weighted by atomic mass is 9.49. The fraction of sp³-hybridized carbons (Fsp3) is 1.00. The number of hydrogen-bond donors (Lipinski definition) is 1. The maximum atomic E-state index is 10.1. The SMILES string of the molecule is CC1(O)CCN(CCC23CC4CC(CC(C4)C2)C3)C1. The molecule has 108 valence electrons. The number of rotatable bonds is 3. The van der Waals surface area contributed by atoms with Crippen molar-refractivity contribution in [3.63, 3.8) is 0 Å². The van der Waals surface area contributed by atoms with Crippen molar-refractivity contribution in [2.75, 3.05) is 19.6 Å². The van der Waals surface area contributed by atoms with Crippen molar-refractivity contribution in [3.05, 3.63) is 0 Å². The Kier molecular flexibility index (Phi) is 2.80. The van der Waals surface area contributed by atoms with Crippen LogP contribution in [0.5, 0.6) is 0 Å². The molecule has 0 radical (unpaired) electrons. The summed E-state index contributed by atoms with van der Waals surface area (Å²) in [5.41, 5.74) is 0.296. The molecule has 4 saturated carbocycles. The highest BCUT2D eigenvalue weighted by molar-refractivity contribution is 5.01. The monoisotopic (exact) mass is 263 g/mol. The molecule has 0 spiro atoms. The number of nitrogens with zero attached hydrogens (tertiary/aromatic N) is 1. The third kappa shape index (κ3) is 2.35. The molecule has 5 rings (SSSR count). The van der Waals surface area contributed by atoms with Gasteiger partial charge < -0.3 is 10.0 Å². The van der Waals surface area contributed by atoms with Gasteiger partial charge in [0.05, 0.1) is 5.60 Å². The van der Waals surface area contributed by atoms with Crippen LogP contribution in [0.3, 0.4) is 0 Å². The number of aliphatic hydroxyl groups is 1. The third-order valence-corrected chi connectivity index (χ3v) is 6.65. The molecule has 4 bridgehead atoms. The normalized spacial score (nSPS) is 53.1. The summed E-state index contributed by atoms with van der Waals surface area (Å²) >= 11 is 0. The number of hydrogen-bond acceptors (Lipinski definition) is 2. The van der Waals surface area contributed by atoms with Crippen LogP contribution < -0.4 is 0 Å². The van der Waals surface area contributed by atoms with Crippen LogP contribution in [0.1, 0.15) is 58.3 Å². The molecule has 5 fully saturated rings. The van der Waals surface area contributed by atoms with Crippen LogP contribution in [0, 0.1) is 23.2 Å². The van der Waals surface area contributed by atoms with Gasteiger partial charge in [-0.05, 0) is 88.0 Å². The van der Waals surface area contributed by atoms with E-state index in [1.807, 2.05) is 6.92 Å². The molecule has 2 heteroatoms. The van der Waals surface area contributed by atoms with Crippen molar-refractivity contribution in [2.24, 2.45) is 23.2 Å². The topological polar surface area (TPSA) is 23.5 Å². The van der Waals surface area contributed by atoms with E-state index in [0.717, 1.165) is 37.3 Å². The van der Waals surface area contributed by atoms with Crippen molar-refractivity contribution in [1.82, 2.24) is 4.90 Å². The van der Waals surface area contributed by atoms with E-state index in [9.17, 15) is 5.11 Å². The molecule has 19 heavy (non-hydrogen) atoms. The van der Waals surface area contributed by atoms with Gasteiger partial charge in [0.25, 0.3) is 0 Å². The van der Waals surface area contributed by atoms with Gasteiger partial charge >= 0.3 is 0 Å². The smallest absolute Gasteiger partial charge is 0.0758 e. The number of β-amino-alcohol motifs (C(OH)–C–C–N with tert-alkyl or cyclic N) is 1. The summed E-state index contributed by atoms with van der Waals surface area (Å²) < 4.78 is 0. The minimum absolute atomic E-state index is 0.415. The van der Waals surface area contributed by atoms with Gasteiger partial charge in [0.1, 0.15) is 0 Å². The van der Waals surface area contributed by atoms with E-state index in [4.69, 9.17) is 0 Å². The van der Waals surface area contributed by atoms with Crippen LogP contribution in [0.4, 0.5) is 0 Å². The third-order valence-electron chi connectivity index (χ3n) is 6.65. The maximum absolute atomic E-state index is 10.1. The highest BCUT2D eigenvalue weighted by Crippen LogP contribution is 2.61. The van der Waals surface area contributed by atoms with Crippen molar-refractivity contribution < 1.29 is 5.11 Å². The van der Waals surface area contributed by atoms with Gasteiger partial charge in [-0.25, -0.2) is 0 Å². The van der Waals surface area contributed by atoms with Crippen molar-refractivity contribution in [1.29, 1.82) is 0 Å². The molecule has 1 atom stereocenters. The lowest BCUT2D eigenvalue weighted by Crippen LogP contribution is -2.47. The zero-order valence-electron chi connectivity index (χ0n) is 12.4. The van der Waals surface area contributed by atoms with Crippen molar-refractivity contribution >= 4 is 0 Å². The minimum atomic E-state index is -0.415. The van der Waals surface area contributed by atoms with Crippen LogP contribution in [-0.4, -0.2) is 35.2 Å². The second-order valence-electron chi connectivity index (χ2n) is 8.69. The van der Waals surface area contributed by atoms with Gasteiger partial charge in [-0.2, -0.15) is 0 Å². The van der Waals surface area contributed by atoms with E-state index in [-0.39, 0.29) is 0 Å². The van der Waals surface area contributed by atoms with Crippen LogP contribution in [0.15, 0.2) is 0 Å². The Labute approximate surface area is 117 Å². The van der Waals surface area contributed by atoms with E-state index in [0.29, 0.717) is 5.41 Å². The first-order chi connectivity index (χ1) is 9.02. The zero-order valence-corrected chi connectivity index (χ0v) is 12.4. The molecule has 1 saturated heterocycles. The second-order valence-corrected chi connectivity index (χ2v) is 8.69. The van der Waals surface area contributed by atoms with Crippen molar-refractivity contribution in [3.8, 4) is 0 Å². The first-order valence-electron chi connectivity index (χ1n) is 8.47. The van der Waals surface area contributed by atoms with Gasteiger partial charge in [-0.15, -0.1) is 0 Å². The fourth-order valence-electron chi connectivity index (χ4n) is 6.22. The summed E-state index contributed by atoms with van der Waals surface area (Å²) in [5.74, 6) is 3.23. The van der Waals surface area contributed by atoms with Crippen LogP contribution in [0.2, 0.25) is 0 Å². The Morgan fingerprint density at radius 1 is 1.05 bits per heavy atom. The Bertz CT molecular complexity index is 327.